The smallest absolute Gasteiger partial charge is 0.209 e. The molecular weight excluding hydrogens is 712 g/mol. The highest BCUT2D eigenvalue weighted by Crippen LogP contribution is 2.49. The van der Waals surface area contributed by atoms with Crippen LogP contribution in [0.5, 0.6) is 0 Å². The first-order chi connectivity index (χ1) is 25.5. The van der Waals surface area contributed by atoms with E-state index < -0.39 is 10.8 Å². The van der Waals surface area contributed by atoms with Crippen LogP contribution in [0.1, 0.15) is 137 Å². The molecular formula is C46H64ClN2O2S2+. The Morgan fingerprint density at radius 2 is 1.64 bits per heavy atom. The zero-order chi connectivity index (χ0) is 38.2. The summed E-state index contributed by atoms with van der Waals surface area (Å²) in [6, 6.07) is 13.3. The molecule has 1 unspecified atom stereocenters. The van der Waals surface area contributed by atoms with Crippen molar-refractivity contribution in [2.24, 2.45) is 0 Å². The molecule has 2 aliphatic heterocycles. The van der Waals surface area contributed by atoms with Crippen molar-refractivity contribution in [1.82, 2.24) is 0 Å². The molecule has 0 saturated heterocycles. The molecule has 0 bridgehead atoms. The standard InChI is InChI=1S/C46H64ClN2O2S2/c1-9-13-15-28-48-40-24-22-36(52-51-30-11-3)32-38(40)45(5,6)42(48)26-20-34-18-17-19-35(44(34)47)21-27-43-46(7,8)39-33-37(53(50)31-12-4)23-25-41(39)49(43)29-16-14-10-2/h20-27,32-33H,9-19,28-31H2,1-8H3/q+1. The van der Waals surface area contributed by atoms with Crippen molar-refractivity contribution < 1.29 is 13.0 Å². The van der Waals surface area contributed by atoms with E-state index in [9.17, 15) is 4.21 Å². The molecule has 0 spiro atoms. The van der Waals surface area contributed by atoms with E-state index in [4.69, 9.17) is 15.8 Å². The van der Waals surface area contributed by atoms with Crippen LogP contribution in [0.15, 0.2) is 92.4 Å². The molecule has 0 fully saturated rings. The first kappa shape index (κ1) is 41.8. The molecule has 1 atom stereocenters. The minimum atomic E-state index is -0.973. The molecule has 2 aromatic carbocycles. The van der Waals surface area contributed by atoms with Gasteiger partial charge in [-0.2, -0.15) is 4.58 Å². The molecule has 288 valence electrons. The largest absolute Gasteiger partial charge is 0.344 e. The van der Waals surface area contributed by atoms with Crippen LogP contribution < -0.4 is 4.90 Å². The SMILES string of the molecule is CCCCCN1C(=CC=C2CCCC(C=CC3=[N+](CCCCC)c4ccc(SOCCC)cc4C3(C)C)=C2Cl)C(C)(C)c2cc(S(=O)CCC)ccc21. The van der Waals surface area contributed by atoms with Crippen molar-refractivity contribution in [3.05, 3.63) is 93.7 Å². The van der Waals surface area contributed by atoms with E-state index in [0.29, 0.717) is 5.75 Å². The Morgan fingerprint density at radius 1 is 0.868 bits per heavy atom. The van der Waals surface area contributed by atoms with Gasteiger partial charge in [0.25, 0.3) is 0 Å². The maximum Gasteiger partial charge on any atom is 0.209 e. The maximum absolute atomic E-state index is 13.0. The Kier molecular flexibility index (Phi) is 15.0. The van der Waals surface area contributed by atoms with Crippen LogP contribution in [0, 0.1) is 0 Å². The van der Waals surface area contributed by atoms with Crippen molar-refractivity contribution in [2.75, 3.05) is 30.3 Å². The number of halogens is 1. The fourth-order valence-corrected chi connectivity index (χ4v) is 10.2. The molecule has 4 nitrogen and oxygen atoms in total. The van der Waals surface area contributed by atoms with Crippen LogP contribution in [0.25, 0.3) is 0 Å². The lowest BCUT2D eigenvalue weighted by Crippen LogP contribution is -2.28. The van der Waals surface area contributed by atoms with Gasteiger partial charge in [-0.05, 0) is 112 Å². The third-order valence-corrected chi connectivity index (χ3v) is 13.9. The third kappa shape index (κ3) is 9.36. The fraction of sp³-hybridized carbons (Fsp3) is 0.543. The summed E-state index contributed by atoms with van der Waals surface area (Å²) in [6.45, 7) is 20.9. The number of nitrogens with zero attached hydrogens (tertiary/aromatic N) is 2. The summed E-state index contributed by atoms with van der Waals surface area (Å²) in [5.74, 6) is 0.699. The lowest BCUT2D eigenvalue weighted by molar-refractivity contribution is -0.438. The van der Waals surface area contributed by atoms with Crippen molar-refractivity contribution >= 4 is 51.5 Å². The number of rotatable bonds is 18. The molecule has 0 N–H and O–H groups in total. The summed E-state index contributed by atoms with van der Waals surface area (Å²) >= 11 is 8.82. The number of allylic oxidation sites excluding steroid dienone is 8. The molecule has 3 aliphatic rings. The summed E-state index contributed by atoms with van der Waals surface area (Å²) in [5.41, 5.74) is 9.91. The van der Waals surface area contributed by atoms with Crippen molar-refractivity contribution in [2.45, 2.75) is 147 Å². The van der Waals surface area contributed by atoms with E-state index in [0.717, 1.165) is 79.5 Å². The number of benzene rings is 2. The predicted molar refractivity (Wildman–Crippen MR) is 231 cm³/mol. The molecule has 0 saturated carbocycles. The van der Waals surface area contributed by atoms with E-state index in [1.807, 2.05) is 0 Å². The van der Waals surface area contributed by atoms with Crippen LogP contribution in [-0.2, 0) is 25.8 Å². The summed E-state index contributed by atoms with van der Waals surface area (Å²) in [6.07, 6.45) is 21.4. The topological polar surface area (TPSA) is 32.5 Å². The van der Waals surface area contributed by atoms with E-state index in [-0.39, 0.29) is 10.8 Å². The molecule has 2 aromatic rings. The quantitative estimate of drug-likeness (QED) is 0.0857. The lowest BCUT2D eigenvalue weighted by atomic mass is 9.81. The number of hydrogen-bond donors (Lipinski definition) is 0. The Balaban J connectivity index is 1.47. The molecule has 5 rings (SSSR count). The van der Waals surface area contributed by atoms with Gasteiger partial charge in [0, 0.05) is 80.1 Å². The van der Waals surface area contributed by atoms with E-state index in [1.165, 1.54) is 82.8 Å². The Morgan fingerprint density at radius 3 is 2.38 bits per heavy atom. The summed E-state index contributed by atoms with van der Waals surface area (Å²) in [4.78, 5) is 4.62. The van der Waals surface area contributed by atoms with Gasteiger partial charge in [-0.1, -0.05) is 84.6 Å². The number of unbranched alkanes of at least 4 members (excludes halogenated alkanes) is 4. The van der Waals surface area contributed by atoms with E-state index in [2.05, 4.69) is 126 Å². The summed E-state index contributed by atoms with van der Waals surface area (Å²) < 4.78 is 21.4. The average molecular weight is 777 g/mol. The summed E-state index contributed by atoms with van der Waals surface area (Å²) in [7, 11) is -0.973. The minimum Gasteiger partial charge on any atom is -0.344 e. The van der Waals surface area contributed by atoms with Gasteiger partial charge in [-0.3, -0.25) is 4.21 Å². The Labute approximate surface area is 333 Å². The summed E-state index contributed by atoms with van der Waals surface area (Å²) in [5, 5.41) is 0.894. The monoisotopic (exact) mass is 775 g/mol. The minimum absolute atomic E-state index is 0.141. The van der Waals surface area contributed by atoms with E-state index in [1.54, 1.807) is 0 Å². The fourth-order valence-electron chi connectivity index (χ4n) is 8.09. The molecule has 0 amide bonds. The highest BCUT2D eigenvalue weighted by atomic mass is 35.5. The van der Waals surface area contributed by atoms with Crippen LogP contribution >= 0.6 is 23.6 Å². The van der Waals surface area contributed by atoms with Gasteiger partial charge in [-0.25, -0.2) is 0 Å². The maximum atomic E-state index is 13.0. The second-order valence-electron chi connectivity index (χ2n) is 15.9. The van der Waals surface area contributed by atoms with Crippen molar-refractivity contribution in [1.29, 1.82) is 0 Å². The van der Waals surface area contributed by atoms with Gasteiger partial charge in [-0.15, -0.1) is 0 Å². The second kappa shape index (κ2) is 19.0. The zero-order valence-corrected chi connectivity index (χ0v) is 36.2. The van der Waals surface area contributed by atoms with Gasteiger partial charge >= 0.3 is 0 Å². The van der Waals surface area contributed by atoms with Gasteiger partial charge in [0.1, 0.15) is 6.54 Å². The molecule has 1 aliphatic carbocycles. The highest BCUT2D eigenvalue weighted by Gasteiger charge is 2.44. The predicted octanol–water partition coefficient (Wildman–Crippen LogP) is 13.2. The Bertz CT molecular complexity index is 1800. The number of fused-ring (bicyclic) bond motifs is 2. The first-order valence-electron chi connectivity index (χ1n) is 20.4. The number of anilines is 1. The van der Waals surface area contributed by atoms with Gasteiger partial charge in [0.15, 0.2) is 5.71 Å². The van der Waals surface area contributed by atoms with E-state index >= 15 is 0 Å². The molecule has 0 radical (unpaired) electrons. The third-order valence-electron chi connectivity index (χ3n) is 11.1. The normalized spacial score (nSPS) is 20.0. The van der Waals surface area contributed by atoms with Gasteiger partial charge < -0.3 is 9.08 Å². The first-order valence-corrected chi connectivity index (χ1v) is 22.8. The zero-order valence-electron chi connectivity index (χ0n) is 33.8. The lowest BCUT2D eigenvalue weighted by Gasteiger charge is -2.27. The number of hydrogen-bond acceptors (Lipinski definition) is 4. The molecule has 53 heavy (non-hydrogen) atoms. The molecule has 0 aromatic heterocycles. The van der Waals surface area contributed by atoms with Gasteiger partial charge in [0.05, 0.1) is 22.8 Å². The highest BCUT2D eigenvalue weighted by molar-refractivity contribution is 7.94. The molecule has 2 heterocycles. The van der Waals surface area contributed by atoms with Crippen LogP contribution in [-0.4, -0.2) is 39.9 Å². The van der Waals surface area contributed by atoms with Crippen LogP contribution in [0.4, 0.5) is 11.4 Å². The molecule has 7 heteroatoms. The van der Waals surface area contributed by atoms with Crippen LogP contribution in [0.2, 0.25) is 0 Å². The van der Waals surface area contributed by atoms with Gasteiger partial charge in [0.2, 0.25) is 5.69 Å². The second-order valence-corrected chi connectivity index (χ2v) is 18.8. The van der Waals surface area contributed by atoms with Crippen LogP contribution in [0.3, 0.4) is 0 Å². The average Bonchev–Trinajstić information content (AvgIpc) is 3.48. The van der Waals surface area contributed by atoms with Crippen molar-refractivity contribution in [3.63, 3.8) is 0 Å². The van der Waals surface area contributed by atoms with Crippen molar-refractivity contribution in [3.8, 4) is 0 Å². The Hall–Kier alpha value is -2.38.